The van der Waals surface area contributed by atoms with Gasteiger partial charge in [0.15, 0.2) is 5.90 Å². The van der Waals surface area contributed by atoms with E-state index >= 15 is 0 Å². The largest absolute Gasteiger partial charge is 0.476 e. The van der Waals surface area contributed by atoms with Crippen molar-refractivity contribution in [3.63, 3.8) is 0 Å². The maximum Gasteiger partial charge on any atom is 0.180 e. The highest BCUT2D eigenvalue weighted by Crippen LogP contribution is 2.18. The van der Waals surface area contributed by atoms with Crippen LogP contribution in [0.25, 0.3) is 0 Å². The summed E-state index contributed by atoms with van der Waals surface area (Å²) in [5.41, 5.74) is 0. The summed E-state index contributed by atoms with van der Waals surface area (Å²) in [4.78, 5) is 4.35. The van der Waals surface area contributed by atoms with Crippen LogP contribution in [0.5, 0.6) is 0 Å². The van der Waals surface area contributed by atoms with Crippen LogP contribution in [0.1, 0.15) is 33.6 Å². The van der Waals surface area contributed by atoms with Crippen molar-refractivity contribution >= 4 is 5.90 Å². The molecule has 0 unspecified atom stereocenters. The lowest BCUT2D eigenvalue weighted by molar-refractivity contribution is 0.184. The van der Waals surface area contributed by atoms with Gasteiger partial charge in [0.1, 0.15) is 6.10 Å². The molecule has 58 valence electrons. The van der Waals surface area contributed by atoms with E-state index in [1.807, 2.05) is 6.92 Å². The lowest BCUT2D eigenvalue weighted by Gasteiger charge is -2.12. The van der Waals surface area contributed by atoms with E-state index in [0.29, 0.717) is 12.1 Å². The third-order valence-electron chi connectivity index (χ3n) is 1.92. The molecule has 0 aliphatic carbocycles. The highest BCUT2D eigenvalue weighted by molar-refractivity contribution is 5.75. The highest BCUT2D eigenvalue weighted by Gasteiger charge is 2.25. The minimum Gasteiger partial charge on any atom is -0.476 e. The van der Waals surface area contributed by atoms with Crippen LogP contribution in [0.3, 0.4) is 0 Å². The molecule has 1 rings (SSSR count). The molecule has 0 aromatic carbocycles. The Morgan fingerprint density at radius 1 is 1.40 bits per heavy atom. The fraction of sp³-hybridized carbons (Fsp3) is 0.875. The first-order valence-corrected chi connectivity index (χ1v) is 3.99. The molecule has 2 nitrogen and oxygen atoms in total. The molecule has 0 saturated carbocycles. The summed E-state index contributed by atoms with van der Waals surface area (Å²) in [7, 11) is 0. The molecule has 0 amide bonds. The standard InChI is InChI=1S/C8H15NO/c1-4-7-8(5-2)10-6(3)9-7/h7-8H,4-5H2,1-3H3/t7-,8-/m0/s1. The molecule has 1 heterocycles. The Balaban J connectivity index is 2.52. The minimum absolute atomic E-state index is 0.352. The first-order chi connectivity index (χ1) is 4.77. The van der Waals surface area contributed by atoms with E-state index in [-0.39, 0.29) is 0 Å². The lowest BCUT2D eigenvalue weighted by atomic mass is 10.1. The van der Waals surface area contributed by atoms with Crippen molar-refractivity contribution in [1.82, 2.24) is 0 Å². The summed E-state index contributed by atoms with van der Waals surface area (Å²) in [6, 6.07) is 0.421. The monoisotopic (exact) mass is 141 g/mol. The molecule has 0 radical (unpaired) electrons. The van der Waals surface area contributed by atoms with Crippen LogP contribution in [0, 0.1) is 0 Å². The summed E-state index contributed by atoms with van der Waals surface area (Å²) >= 11 is 0. The first kappa shape index (κ1) is 7.58. The average Bonchev–Trinajstić information content (AvgIpc) is 2.30. The summed E-state index contributed by atoms with van der Waals surface area (Å²) in [5.74, 6) is 0.860. The van der Waals surface area contributed by atoms with Crippen LogP contribution in [-0.4, -0.2) is 18.0 Å². The number of hydrogen-bond donors (Lipinski definition) is 0. The van der Waals surface area contributed by atoms with E-state index < -0.39 is 0 Å². The van der Waals surface area contributed by atoms with Crippen molar-refractivity contribution in [1.29, 1.82) is 0 Å². The van der Waals surface area contributed by atoms with Crippen LogP contribution < -0.4 is 0 Å². The number of ether oxygens (including phenoxy) is 1. The van der Waals surface area contributed by atoms with Crippen molar-refractivity contribution in [2.75, 3.05) is 0 Å². The normalized spacial score (nSPS) is 31.7. The van der Waals surface area contributed by atoms with Crippen molar-refractivity contribution in [3.8, 4) is 0 Å². The summed E-state index contributed by atoms with van der Waals surface area (Å²) in [6.45, 7) is 6.22. The molecule has 0 saturated heterocycles. The molecule has 0 aromatic rings. The Hall–Kier alpha value is -0.530. The van der Waals surface area contributed by atoms with Gasteiger partial charge in [0.05, 0.1) is 6.04 Å². The van der Waals surface area contributed by atoms with Gasteiger partial charge in [-0.15, -0.1) is 0 Å². The first-order valence-electron chi connectivity index (χ1n) is 3.99. The second-order valence-electron chi connectivity index (χ2n) is 2.69. The molecule has 2 heteroatoms. The Morgan fingerprint density at radius 2 is 2.10 bits per heavy atom. The van der Waals surface area contributed by atoms with Gasteiger partial charge >= 0.3 is 0 Å². The maximum atomic E-state index is 5.46. The molecule has 1 aliphatic heterocycles. The predicted octanol–water partition coefficient (Wildman–Crippen LogP) is 1.99. The van der Waals surface area contributed by atoms with Crippen molar-refractivity contribution < 1.29 is 4.74 Å². The van der Waals surface area contributed by atoms with Gasteiger partial charge in [0.25, 0.3) is 0 Å². The topological polar surface area (TPSA) is 21.6 Å². The van der Waals surface area contributed by atoms with E-state index in [2.05, 4.69) is 18.8 Å². The maximum absolute atomic E-state index is 5.46. The number of hydrogen-bond acceptors (Lipinski definition) is 2. The number of rotatable bonds is 2. The van der Waals surface area contributed by atoms with Crippen LogP contribution in [0.2, 0.25) is 0 Å². The van der Waals surface area contributed by atoms with Crippen molar-refractivity contribution in [2.24, 2.45) is 4.99 Å². The van der Waals surface area contributed by atoms with E-state index in [1.54, 1.807) is 0 Å². The van der Waals surface area contributed by atoms with Crippen molar-refractivity contribution in [2.45, 2.75) is 45.8 Å². The molecule has 2 atom stereocenters. The van der Waals surface area contributed by atoms with Crippen LogP contribution >= 0.6 is 0 Å². The summed E-state index contributed by atoms with van der Waals surface area (Å²) in [5, 5.41) is 0. The molecule has 0 N–H and O–H groups in total. The van der Waals surface area contributed by atoms with Gasteiger partial charge in [0, 0.05) is 6.92 Å². The molecule has 0 spiro atoms. The zero-order chi connectivity index (χ0) is 7.56. The average molecular weight is 141 g/mol. The molecule has 0 aromatic heterocycles. The molecule has 10 heavy (non-hydrogen) atoms. The Labute approximate surface area is 62.3 Å². The van der Waals surface area contributed by atoms with Gasteiger partial charge in [0.2, 0.25) is 0 Å². The third-order valence-corrected chi connectivity index (χ3v) is 1.92. The number of aliphatic imine (C=N–C) groups is 1. The fourth-order valence-corrected chi connectivity index (χ4v) is 1.35. The van der Waals surface area contributed by atoms with Gasteiger partial charge in [-0.2, -0.15) is 0 Å². The molecule has 0 bridgehead atoms. The minimum atomic E-state index is 0.352. The molecule has 0 fully saturated rings. The van der Waals surface area contributed by atoms with Gasteiger partial charge in [-0.05, 0) is 12.8 Å². The SMILES string of the molecule is CC[C@@H]1N=C(C)O[C@H]1CC. The second-order valence-corrected chi connectivity index (χ2v) is 2.69. The van der Waals surface area contributed by atoms with Crippen LogP contribution in [-0.2, 0) is 4.74 Å². The smallest absolute Gasteiger partial charge is 0.180 e. The summed E-state index contributed by atoms with van der Waals surface area (Å²) < 4.78 is 5.46. The van der Waals surface area contributed by atoms with Gasteiger partial charge < -0.3 is 4.74 Å². The Bertz CT molecular complexity index is 142. The zero-order valence-electron chi connectivity index (χ0n) is 6.92. The summed E-state index contributed by atoms with van der Waals surface area (Å²) in [6.07, 6.45) is 2.51. The van der Waals surface area contributed by atoms with E-state index in [4.69, 9.17) is 4.74 Å². The van der Waals surface area contributed by atoms with Crippen LogP contribution in [0.4, 0.5) is 0 Å². The van der Waals surface area contributed by atoms with E-state index in [1.165, 1.54) is 0 Å². The van der Waals surface area contributed by atoms with Gasteiger partial charge in [-0.1, -0.05) is 13.8 Å². The van der Waals surface area contributed by atoms with Crippen molar-refractivity contribution in [3.05, 3.63) is 0 Å². The molecular formula is C8H15NO. The van der Waals surface area contributed by atoms with E-state index in [0.717, 1.165) is 18.7 Å². The van der Waals surface area contributed by atoms with Crippen LogP contribution in [0.15, 0.2) is 4.99 Å². The Morgan fingerprint density at radius 3 is 2.50 bits per heavy atom. The number of nitrogens with zero attached hydrogens (tertiary/aromatic N) is 1. The quantitative estimate of drug-likeness (QED) is 0.576. The molecule has 1 aliphatic rings. The Kier molecular flexibility index (Phi) is 2.30. The van der Waals surface area contributed by atoms with E-state index in [9.17, 15) is 0 Å². The third kappa shape index (κ3) is 1.31. The van der Waals surface area contributed by atoms with Gasteiger partial charge in [-0.3, -0.25) is 0 Å². The fourth-order valence-electron chi connectivity index (χ4n) is 1.35. The zero-order valence-corrected chi connectivity index (χ0v) is 6.92. The predicted molar refractivity (Wildman–Crippen MR) is 42.4 cm³/mol. The lowest BCUT2D eigenvalue weighted by Crippen LogP contribution is -2.20. The van der Waals surface area contributed by atoms with Gasteiger partial charge in [-0.25, -0.2) is 4.99 Å². The second kappa shape index (κ2) is 3.04. The highest BCUT2D eigenvalue weighted by atomic mass is 16.5. The molecular weight excluding hydrogens is 126 g/mol.